The van der Waals surface area contributed by atoms with Crippen LogP contribution in [0, 0.1) is 0 Å². The Kier molecular flexibility index (Phi) is 6.17. The molecule has 0 saturated carbocycles. The lowest BCUT2D eigenvalue weighted by Gasteiger charge is -2.12. The molecule has 0 aliphatic rings. The number of unbranched alkanes of at least 4 members (excludes halogenated alkanes) is 2. The topological polar surface area (TPSA) is 3.24 Å². The first kappa shape index (κ1) is 9.02. The first-order chi connectivity index (χ1) is 4.31. The van der Waals surface area contributed by atoms with Gasteiger partial charge in [0.15, 0.2) is 7.98 Å². The molecule has 0 aromatic carbocycles. The van der Waals surface area contributed by atoms with Gasteiger partial charge in [0, 0.05) is 0 Å². The molecule has 9 heavy (non-hydrogen) atoms. The first-order valence-corrected chi connectivity index (χ1v) is 3.80. The Balaban J connectivity index is 2.88. The zero-order valence-corrected chi connectivity index (χ0v) is 6.56. The highest BCUT2D eigenvalue weighted by Gasteiger charge is 1.90. The Morgan fingerprint density at radius 3 is 2.33 bits per heavy atom. The van der Waals surface area contributed by atoms with E-state index in [0.717, 1.165) is 13.1 Å². The lowest BCUT2D eigenvalue weighted by atomic mass is 10.2. The number of rotatable bonds is 5. The highest BCUT2D eigenvalue weighted by Crippen LogP contribution is 1.94. The quantitative estimate of drug-likeness (QED) is 0.398. The van der Waals surface area contributed by atoms with Crippen molar-refractivity contribution in [1.29, 1.82) is 0 Å². The molecule has 0 aliphatic heterocycles. The molecule has 0 N–H and O–H groups in total. The van der Waals surface area contributed by atoms with Crippen molar-refractivity contribution in [2.75, 3.05) is 13.1 Å². The molecule has 2 radical (unpaired) electrons. The number of hydrogen-bond donors (Lipinski definition) is 0. The molecule has 0 aromatic rings. The Morgan fingerprint density at radius 2 is 1.89 bits per heavy atom. The minimum atomic E-state index is 0.962. The third kappa shape index (κ3) is 5.90. The van der Waals surface area contributed by atoms with Gasteiger partial charge in [-0.25, -0.2) is 0 Å². The van der Waals surface area contributed by atoms with E-state index in [-0.39, 0.29) is 0 Å². The van der Waals surface area contributed by atoms with Crippen molar-refractivity contribution < 1.29 is 0 Å². The van der Waals surface area contributed by atoms with E-state index >= 15 is 0 Å². The second-order valence-electron chi connectivity index (χ2n) is 2.34. The van der Waals surface area contributed by atoms with Gasteiger partial charge in [-0.3, -0.25) is 0 Å². The summed E-state index contributed by atoms with van der Waals surface area (Å²) in [6.07, 6.45) is 3.81. The largest absolute Gasteiger partial charge is 0.354 e. The monoisotopic (exact) mass is 125 g/mol. The van der Waals surface area contributed by atoms with Gasteiger partial charge in [-0.15, -0.1) is 0 Å². The Hall–Kier alpha value is 0.0249. The lowest BCUT2D eigenvalue weighted by Crippen LogP contribution is -2.20. The summed E-state index contributed by atoms with van der Waals surface area (Å²) in [6.45, 7) is 6.28. The van der Waals surface area contributed by atoms with E-state index < -0.39 is 0 Å². The van der Waals surface area contributed by atoms with Crippen molar-refractivity contribution in [1.82, 2.24) is 4.81 Å². The predicted octanol–water partition coefficient (Wildman–Crippen LogP) is 1.58. The smallest absolute Gasteiger partial charge is 0.182 e. The molecule has 0 saturated heterocycles. The summed E-state index contributed by atoms with van der Waals surface area (Å²) in [5.74, 6) is 0. The minimum absolute atomic E-state index is 0.962. The summed E-state index contributed by atoms with van der Waals surface area (Å²) in [5, 5.41) is 0. The fourth-order valence-corrected chi connectivity index (χ4v) is 0.723. The molecule has 0 spiro atoms. The second kappa shape index (κ2) is 6.15. The van der Waals surface area contributed by atoms with Gasteiger partial charge >= 0.3 is 0 Å². The predicted molar refractivity (Wildman–Crippen MR) is 42.5 cm³/mol. The van der Waals surface area contributed by atoms with Crippen LogP contribution in [0.3, 0.4) is 0 Å². The minimum Gasteiger partial charge on any atom is -0.354 e. The van der Waals surface area contributed by atoms with Crippen LogP contribution in [-0.4, -0.2) is 25.9 Å². The summed E-state index contributed by atoms with van der Waals surface area (Å²) in [4.78, 5) is 1.86. The molecule has 0 fully saturated rings. The molecule has 0 aliphatic carbocycles. The molecule has 2 heteroatoms. The van der Waals surface area contributed by atoms with Gasteiger partial charge in [-0.05, 0) is 19.5 Å². The summed E-state index contributed by atoms with van der Waals surface area (Å²) < 4.78 is 0. The van der Waals surface area contributed by atoms with Crippen molar-refractivity contribution >= 4 is 7.98 Å². The van der Waals surface area contributed by atoms with Gasteiger partial charge in [-0.2, -0.15) is 0 Å². The highest BCUT2D eigenvalue weighted by molar-refractivity contribution is 6.04. The van der Waals surface area contributed by atoms with E-state index in [0.29, 0.717) is 0 Å². The van der Waals surface area contributed by atoms with Crippen LogP contribution < -0.4 is 0 Å². The van der Waals surface area contributed by atoms with E-state index in [9.17, 15) is 0 Å². The molecule has 52 valence electrons. The molecule has 0 heterocycles. The summed E-state index contributed by atoms with van der Waals surface area (Å²) in [6, 6.07) is 0. The Labute approximate surface area is 59.9 Å². The van der Waals surface area contributed by atoms with Gasteiger partial charge in [0.2, 0.25) is 0 Å². The van der Waals surface area contributed by atoms with Crippen molar-refractivity contribution in [3.63, 3.8) is 0 Å². The summed E-state index contributed by atoms with van der Waals surface area (Å²) >= 11 is 0. The number of hydrogen-bond acceptors (Lipinski definition) is 1. The Bertz CT molecular complexity index is 56.9. The van der Waals surface area contributed by atoms with Gasteiger partial charge < -0.3 is 4.81 Å². The molecular weight excluding hydrogens is 109 g/mol. The fraction of sp³-hybridized carbons (Fsp3) is 1.00. The van der Waals surface area contributed by atoms with Gasteiger partial charge in [0.1, 0.15) is 0 Å². The van der Waals surface area contributed by atoms with E-state index in [1.165, 1.54) is 19.3 Å². The zero-order valence-electron chi connectivity index (χ0n) is 6.56. The number of nitrogens with zero attached hydrogens (tertiary/aromatic N) is 1. The van der Waals surface area contributed by atoms with Gasteiger partial charge in [-0.1, -0.05) is 26.7 Å². The maximum absolute atomic E-state index is 5.55. The fourth-order valence-electron chi connectivity index (χ4n) is 0.723. The van der Waals surface area contributed by atoms with Crippen LogP contribution in [-0.2, 0) is 0 Å². The van der Waals surface area contributed by atoms with Crippen LogP contribution in [0.4, 0.5) is 0 Å². The van der Waals surface area contributed by atoms with Crippen LogP contribution in [0.15, 0.2) is 0 Å². The molecule has 0 bridgehead atoms. The highest BCUT2D eigenvalue weighted by atomic mass is 15.0. The maximum Gasteiger partial charge on any atom is 0.182 e. The zero-order chi connectivity index (χ0) is 7.11. The normalized spacial score (nSPS) is 10.6. The maximum atomic E-state index is 5.55. The van der Waals surface area contributed by atoms with Gasteiger partial charge in [0.25, 0.3) is 0 Å². The van der Waals surface area contributed by atoms with Crippen molar-refractivity contribution in [3.8, 4) is 0 Å². The first-order valence-electron chi connectivity index (χ1n) is 3.80. The van der Waals surface area contributed by atoms with Crippen molar-refractivity contribution in [2.24, 2.45) is 0 Å². The van der Waals surface area contributed by atoms with Crippen LogP contribution in [0.5, 0.6) is 0 Å². The van der Waals surface area contributed by atoms with E-state index in [4.69, 9.17) is 7.98 Å². The molecule has 0 rings (SSSR count). The molecule has 0 amide bonds. The van der Waals surface area contributed by atoms with E-state index in [1.807, 2.05) is 4.81 Å². The lowest BCUT2D eigenvalue weighted by molar-refractivity contribution is 0.455. The summed E-state index contributed by atoms with van der Waals surface area (Å²) in [7, 11) is 5.55. The van der Waals surface area contributed by atoms with E-state index in [2.05, 4.69) is 13.8 Å². The van der Waals surface area contributed by atoms with Crippen LogP contribution in [0.2, 0.25) is 0 Å². The standard InChI is InChI=1S/C7H16BN/c1-3-5-6-7-9(8)4-2/h3-7H2,1-2H3. The van der Waals surface area contributed by atoms with Crippen LogP contribution in [0.1, 0.15) is 33.1 Å². The molecule has 0 atom stereocenters. The molecule has 1 nitrogen and oxygen atoms in total. The molecule has 0 aromatic heterocycles. The average Bonchev–Trinajstić information content (AvgIpc) is 1.89. The van der Waals surface area contributed by atoms with Gasteiger partial charge in [0.05, 0.1) is 0 Å². The Morgan fingerprint density at radius 1 is 1.22 bits per heavy atom. The SMILES string of the molecule is [B]N(CC)CCCCC. The van der Waals surface area contributed by atoms with Crippen LogP contribution in [0.25, 0.3) is 0 Å². The molecular formula is C7H16BN. The summed E-state index contributed by atoms with van der Waals surface area (Å²) in [5.41, 5.74) is 0. The average molecular weight is 125 g/mol. The third-order valence-corrected chi connectivity index (χ3v) is 1.46. The van der Waals surface area contributed by atoms with Crippen LogP contribution >= 0.6 is 0 Å². The third-order valence-electron chi connectivity index (χ3n) is 1.46. The second-order valence-corrected chi connectivity index (χ2v) is 2.34. The molecule has 0 unspecified atom stereocenters. The van der Waals surface area contributed by atoms with Crippen molar-refractivity contribution in [3.05, 3.63) is 0 Å². The van der Waals surface area contributed by atoms with E-state index in [1.54, 1.807) is 0 Å². The van der Waals surface area contributed by atoms with Crippen molar-refractivity contribution in [2.45, 2.75) is 33.1 Å².